The Morgan fingerprint density at radius 2 is 2.29 bits per heavy atom. The standard InChI is InChI=1S/C12H12BrFN2O/c1-8(6-15)7-16(2)12(17)10-4-3-9(13)5-11(10)14/h3-5,8H,7H2,1-2H3. The highest BCUT2D eigenvalue weighted by molar-refractivity contribution is 9.10. The zero-order valence-electron chi connectivity index (χ0n) is 9.58. The predicted octanol–water partition coefficient (Wildman–Crippen LogP) is 2.82. The number of hydrogen-bond donors (Lipinski definition) is 0. The Morgan fingerprint density at radius 1 is 1.65 bits per heavy atom. The molecule has 0 aliphatic carbocycles. The average molecular weight is 299 g/mol. The lowest BCUT2D eigenvalue weighted by atomic mass is 10.1. The fourth-order valence-electron chi connectivity index (χ4n) is 1.40. The average Bonchev–Trinajstić information content (AvgIpc) is 2.28. The van der Waals surface area contributed by atoms with Crippen LogP contribution in [-0.4, -0.2) is 24.4 Å². The van der Waals surface area contributed by atoms with Crippen LogP contribution in [0, 0.1) is 23.1 Å². The highest BCUT2D eigenvalue weighted by atomic mass is 79.9. The second-order valence-electron chi connectivity index (χ2n) is 3.84. The van der Waals surface area contributed by atoms with Gasteiger partial charge in [0.1, 0.15) is 5.82 Å². The molecular weight excluding hydrogens is 287 g/mol. The first kappa shape index (κ1) is 13.7. The van der Waals surface area contributed by atoms with E-state index in [2.05, 4.69) is 15.9 Å². The minimum absolute atomic E-state index is 0.0147. The molecule has 0 aromatic heterocycles. The fourth-order valence-corrected chi connectivity index (χ4v) is 1.74. The van der Waals surface area contributed by atoms with Crippen LogP contribution in [0.5, 0.6) is 0 Å². The first-order valence-electron chi connectivity index (χ1n) is 5.06. The van der Waals surface area contributed by atoms with Crippen molar-refractivity contribution < 1.29 is 9.18 Å². The number of halogens is 2. The molecule has 3 nitrogen and oxygen atoms in total. The van der Waals surface area contributed by atoms with E-state index in [4.69, 9.17) is 5.26 Å². The first-order chi connectivity index (χ1) is 7.95. The predicted molar refractivity (Wildman–Crippen MR) is 65.8 cm³/mol. The van der Waals surface area contributed by atoms with E-state index in [0.717, 1.165) is 0 Å². The topological polar surface area (TPSA) is 44.1 Å². The highest BCUT2D eigenvalue weighted by Gasteiger charge is 2.17. The van der Waals surface area contributed by atoms with Crippen LogP contribution in [-0.2, 0) is 0 Å². The number of rotatable bonds is 3. The van der Waals surface area contributed by atoms with Crippen molar-refractivity contribution in [3.8, 4) is 6.07 Å². The summed E-state index contributed by atoms with van der Waals surface area (Å²) in [7, 11) is 1.55. The van der Waals surface area contributed by atoms with Crippen LogP contribution in [0.2, 0.25) is 0 Å². The molecule has 0 radical (unpaired) electrons. The van der Waals surface area contributed by atoms with Gasteiger partial charge in [0.05, 0.1) is 17.6 Å². The third kappa shape index (κ3) is 3.53. The number of nitrogens with zero attached hydrogens (tertiary/aromatic N) is 2. The second kappa shape index (κ2) is 5.78. The quantitative estimate of drug-likeness (QED) is 0.861. The molecule has 0 aliphatic rings. The summed E-state index contributed by atoms with van der Waals surface area (Å²) in [5, 5.41) is 8.66. The Balaban J connectivity index is 2.86. The molecular formula is C12H12BrFN2O. The molecule has 0 fully saturated rings. The number of carbonyl (C=O) groups excluding carboxylic acids is 1. The smallest absolute Gasteiger partial charge is 0.256 e. The van der Waals surface area contributed by atoms with Gasteiger partial charge in [0.25, 0.3) is 5.91 Å². The summed E-state index contributed by atoms with van der Waals surface area (Å²) in [5.74, 6) is -1.26. The van der Waals surface area contributed by atoms with Gasteiger partial charge >= 0.3 is 0 Å². The molecule has 0 heterocycles. The van der Waals surface area contributed by atoms with Gasteiger partial charge in [0.15, 0.2) is 0 Å². The van der Waals surface area contributed by atoms with Crippen LogP contribution in [0.1, 0.15) is 17.3 Å². The number of benzene rings is 1. The summed E-state index contributed by atoms with van der Waals surface area (Å²) in [5.41, 5.74) is 0.0147. The zero-order valence-corrected chi connectivity index (χ0v) is 11.2. The van der Waals surface area contributed by atoms with Gasteiger partial charge in [-0.05, 0) is 25.1 Å². The Morgan fingerprint density at radius 3 is 2.82 bits per heavy atom. The van der Waals surface area contributed by atoms with E-state index >= 15 is 0 Å². The summed E-state index contributed by atoms with van der Waals surface area (Å²) < 4.78 is 14.1. The van der Waals surface area contributed by atoms with Crippen LogP contribution < -0.4 is 0 Å². The van der Waals surface area contributed by atoms with Gasteiger partial charge in [-0.1, -0.05) is 15.9 Å². The lowest BCUT2D eigenvalue weighted by Gasteiger charge is -2.18. The number of hydrogen-bond acceptors (Lipinski definition) is 2. The van der Waals surface area contributed by atoms with E-state index in [9.17, 15) is 9.18 Å². The minimum atomic E-state index is -0.569. The minimum Gasteiger partial charge on any atom is -0.340 e. The van der Waals surface area contributed by atoms with Gasteiger partial charge in [-0.25, -0.2) is 4.39 Å². The molecule has 0 spiro atoms. The molecule has 1 rings (SSSR count). The monoisotopic (exact) mass is 298 g/mol. The third-order valence-electron chi connectivity index (χ3n) is 2.28. The molecule has 17 heavy (non-hydrogen) atoms. The Bertz CT molecular complexity index is 470. The lowest BCUT2D eigenvalue weighted by molar-refractivity contribution is 0.0780. The molecule has 1 aromatic rings. The van der Waals surface area contributed by atoms with E-state index in [1.165, 1.54) is 17.0 Å². The molecule has 0 saturated carbocycles. The molecule has 1 unspecified atom stereocenters. The van der Waals surface area contributed by atoms with E-state index < -0.39 is 11.7 Å². The van der Waals surface area contributed by atoms with Crippen molar-refractivity contribution in [3.05, 3.63) is 34.1 Å². The molecule has 0 saturated heterocycles. The maximum atomic E-state index is 13.5. The van der Waals surface area contributed by atoms with Gasteiger partial charge < -0.3 is 4.90 Å². The summed E-state index contributed by atoms with van der Waals surface area (Å²) in [6, 6.07) is 6.31. The Kier molecular flexibility index (Phi) is 4.64. The maximum Gasteiger partial charge on any atom is 0.256 e. The van der Waals surface area contributed by atoms with Crippen molar-refractivity contribution in [2.45, 2.75) is 6.92 Å². The van der Waals surface area contributed by atoms with Crippen molar-refractivity contribution in [2.75, 3.05) is 13.6 Å². The molecule has 90 valence electrons. The largest absolute Gasteiger partial charge is 0.340 e. The normalized spacial score (nSPS) is 11.7. The van der Waals surface area contributed by atoms with Crippen LogP contribution in [0.4, 0.5) is 4.39 Å². The van der Waals surface area contributed by atoms with E-state index in [1.54, 1.807) is 20.0 Å². The van der Waals surface area contributed by atoms with Crippen LogP contribution in [0.3, 0.4) is 0 Å². The van der Waals surface area contributed by atoms with Crippen molar-refractivity contribution in [3.63, 3.8) is 0 Å². The number of amides is 1. The van der Waals surface area contributed by atoms with Gasteiger partial charge in [-0.15, -0.1) is 0 Å². The van der Waals surface area contributed by atoms with Gasteiger partial charge in [-0.3, -0.25) is 4.79 Å². The Hall–Kier alpha value is -1.41. The van der Waals surface area contributed by atoms with Crippen LogP contribution >= 0.6 is 15.9 Å². The molecule has 5 heteroatoms. The van der Waals surface area contributed by atoms with Crippen molar-refractivity contribution in [1.82, 2.24) is 4.90 Å². The Labute approximate surface area is 108 Å². The van der Waals surface area contributed by atoms with Gasteiger partial charge in [-0.2, -0.15) is 5.26 Å². The summed E-state index contributed by atoms with van der Waals surface area (Å²) in [4.78, 5) is 13.2. The van der Waals surface area contributed by atoms with Gasteiger partial charge in [0, 0.05) is 18.1 Å². The molecule has 0 bridgehead atoms. The van der Waals surface area contributed by atoms with Crippen LogP contribution in [0.15, 0.2) is 22.7 Å². The molecule has 1 amide bonds. The number of carbonyl (C=O) groups is 1. The zero-order chi connectivity index (χ0) is 13.0. The maximum absolute atomic E-state index is 13.5. The molecule has 1 atom stereocenters. The van der Waals surface area contributed by atoms with E-state index in [0.29, 0.717) is 4.47 Å². The van der Waals surface area contributed by atoms with E-state index in [-0.39, 0.29) is 18.0 Å². The number of nitriles is 1. The molecule has 1 aromatic carbocycles. The third-order valence-corrected chi connectivity index (χ3v) is 2.77. The lowest BCUT2D eigenvalue weighted by Crippen LogP contribution is -2.31. The second-order valence-corrected chi connectivity index (χ2v) is 4.76. The summed E-state index contributed by atoms with van der Waals surface area (Å²) >= 11 is 3.13. The fraction of sp³-hybridized carbons (Fsp3) is 0.333. The van der Waals surface area contributed by atoms with Crippen molar-refractivity contribution in [2.24, 2.45) is 5.92 Å². The molecule has 0 N–H and O–H groups in total. The summed E-state index contributed by atoms with van der Waals surface area (Å²) in [6.45, 7) is 1.99. The summed E-state index contributed by atoms with van der Waals surface area (Å²) in [6.07, 6.45) is 0. The molecule has 0 aliphatic heterocycles. The van der Waals surface area contributed by atoms with Crippen LogP contribution in [0.25, 0.3) is 0 Å². The van der Waals surface area contributed by atoms with Gasteiger partial charge in [0.2, 0.25) is 0 Å². The first-order valence-corrected chi connectivity index (χ1v) is 5.85. The SMILES string of the molecule is CC(C#N)CN(C)C(=O)c1ccc(Br)cc1F. The highest BCUT2D eigenvalue weighted by Crippen LogP contribution is 2.16. The van der Waals surface area contributed by atoms with Crippen molar-refractivity contribution >= 4 is 21.8 Å². The van der Waals surface area contributed by atoms with Crippen molar-refractivity contribution in [1.29, 1.82) is 5.26 Å². The van der Waals surface area contributed by atoms with E-state index in [1.807, 2.05) is 6.07 Å².